The summed E-state index contributed by atoms with van der Waals surface area (Å²) >= 11 is 0. The second-order valence-corrected chi connectivity index (χ2v) is 7.64. The van der Waals surface area contributed by atoms with Crippen LogP contribution in [0.15, 0.2) is 61.2 Å². The van der Waals surface area contributed by atoms with Gasteiger partial charge in [-0.05, 0) is 35.9 Å². The lowest BCUT2D eigenvalue weighted by Crippen LogP contribution is -2.52. The molecule has 1 fully saturated rings. The normalized spacial score (nSPS) is 14.0. The summed E-state index contributed by atoms with van der Waals surface area (Å²) in [6.45, 7) is 2.88. The number of nitrogens with one attached hydrogen (secondary N) is 2. The van der Waals surface area contributed by atoms with E-state index in [2.05, 4.69) is 36.2 Å². The van der Waals surface area contributed by atoms with Crippen LogP contribution < -0.4 is 10.2 Å². The second-order valence-electron chi connectivity index (χ2n) is 7.64. The van der Waals surface area contributed by atoms with Crippen molar-refractivity contribution in [1.82, 2.24) is 30.2 Å². The van der Waals surface area contributed by atoms with Crippen molar-refractivity contribution in [2.75, 3.05) is 31.1 Å². The maximum absolute atomic E-state index is 13.0. The Morgan fingerprint density at radius 1 is 1.03 bits per heavy atom. The van der Waals surface area contributed by atoms with E-state index in [0.29, 0.717) is 32.7 Å². The lowest BCUT2D eigenvalue weighted by atomic mass is 10.2. The average Bonchev–Trinajstić information content (AvgIpc) is 3.29. The maximum Gasteiger partial charge on any atom is 0.317 e. The Morgan fingerprint density at radius 2 is 1.78 bits per heavy atom. The number of H-pyrrole nitrogens is 1. The highest BCUT2D eigenvalue weighted by Gasteiger charge is 2.23. The van der Waals surface area contributed by atoms with E-state index >= 15 is 0 Å². The fraction of sp³-hybridized carbons (Fsp3) is 0.217. The first-order valence-electron chi connectivity index (χ1n) is 10.4. The zero-order valence-electron chi connectivity index (χ0n) is 17.3. The molecule has 0 bridgehead atoms. The van der Waals surface area contributed by atoms with Gasteiger partial charge in [0.2, 0.25) is 0 Å². The standard InChI is InChI=1S/C23H22FN7O/c24-18-3-1-16(2-4-18)14-26-23(32)31-11-9-30(10-12-31)22-19-13-20(17-5-7-25-8-6-17)29-21(19)27-15-28-22/h1-8,13,15H,9-12,14H2,(H,26,32)(H,27,28,29). The molecule has 2 N–H and O–H groups in total. The van der Waals surface area contributed by atoms with Crippen LogP contribution >= 0.6 is 0 Å². The van der Waals surface area contributed by atoms with Crippen molar-refractivity contribution in [2.45, 2.75) is 6.54 Å². The van der Waals surface area contributed by atoms with E-state index in [-0.39, 0.29) is 11.8 Å². The molecule has 0 spiro atoms. The average molecular weight is 431 g/mol. The van der Waals surface area contributed by atoms with Crippen LogP contribution in [0.25, 0.3) is 22.3 Å². The molecule has 4 heterocycles. The quantitative estimate of drug-likeness (QED) is 0.518. The molecule has 1 aliphatic heterocycles. The molecule has 0 saturated carbocycles. The van der Waals surface area contributed by atoms with E-state index in [1.54, 1.807) is 35.8 Å². The number of anilines is 1. The van der Waals surface area contributed by atoms with Crippen LogP contribution in [0.4, 0.5) is 15.0 Å². The summed E-state index contributed by atoms with van der Waals surface area (Å²) in [6.07, 6.45) is 5.08. The highest BCUT2D eigenvalue weighted by atomic mass is 19.1. The third kappa shape index (κ3) is 4.09. The predicted molar refractivity (Wildman–Crippen MR) is 120 cm³/mol. The molecule has 32 heavy (non-hydrogen) atoms. The number of fused-ring (bicyclic) bond motifs is 1. The number of amides is 2. The summed E-state index contributed by atoms with van der Waals surface area (Å²) in [5.74, 6) is 0.572. The van der Waals surface area contributed by atoms with E-state index < -0.39 is 0 Å². The van der Waals surface area contributed by atoms with Gasteiger partial charge in [0.1, 0.15) is 23.6 Å². The van der Waals surface area contributed by atoms with Crippen molar-refractivity contribution in [3.63, 3.8) is 0 Å². The van der Waals surface area contributed by atoms with Gasteiger partial charge in [0.15, 0.2) is 0 Å². The van der Waals surface area contributed by atoms with E-state index in [4.69, 9.17) is 0 Å². The Hall–Kier alpha value is -4.01. The molecule has 8 nitrogen and oxygen atoms in total. The number of hydrogen-bond acceptors (Lipinski definition) is 5. The smallest absolute Gasteiger partial charge is 0.317 e. The molecule has 0 unspecified atom stereocenters. The van der Waals surface area contributed by atoms with Crippen molar-refractivity contribution < 1.29 is 9.18 Å². The third-order valence-electron chi connectivity index (χ3n) is 5.62. The summed E-state index contributed by atoms with van der Waals surface area (Å²) < 4.78 is 13.0. The lowest BCUT2D eigenvalue weighted by Gasteiger charge is -2.35. The van der Waals surface area contributed by atoms with Crippen molar-refractivity contribution in [3.05, 3.63) is 72.6 Å². The topological polar surface area (TPSA) is 90.0 Å². The molecule has 4 aromatic rings. The Balaban J connectivity index is 1.24. The van der Waals surface area contributed by atoms with Crippen molar-refractivity contribution >= 4 is 22.9 Å². The predicted octanol–water partition coefficient (Wildman–Crippen LogP) is 3.19. The zero-order valence-corrected chi connectivity index (χ0v) is 17.3. The number of pyridine rings is 1. The van der Waals surface area contributed by atoms with Gasteiger partial charge >= 0.3 is 6.03 Å². The van der Waals surface area contributed by atoms with Crippen LogP contribution in [0.5, 0.6) is 0 Å². The Bertz CT molecular complexity index is 1220. The number of hydrogen-bond donors (Lipinski definition) is 2. The molecule has 1 aromatic carbocycles. The van der Waals surface area contributed by atoms with Crippen molar-refractivity contribution in [1.29, 1.82) is 0 Å². The molecular weight excluding hydrogens is 409 g/mol. The molecule has 0 radical (unpaired) electrons. The number of nitrogens with zero attached hydrogens (tertiary/aromatic N) is 5. The SMILES string of the molecule is O=C(NCc1ccc(F)cc1)N1CCN(c2ncnc3[nH]c(-c4ccncc4)cc23)CC1. The number of carbonyl (C=O) groups excluding carboxylic acids is 1. The lowest BCUT2D eigenvalue weighted by molar-refractivity contribution is 0.194. The number of piperazine rings is 1. The molecule has 1 saturated heterocycles. The van der Waals surface area contributed by atoms with Crippen molar-refractivity contribution in [2.24, 2.45) is 0 Å². The Morgan fingerprint density at radius 3 is 2.53 bits per heavy atom. The number of benzene rings is 1. The largest absolute Gasteiger partial charge is 0.352 e. The Labute approximate surface area is 184 Å². The summed E-state index contributed by atoms with van der Waals surface area (Å²) in [7, 11) is 0. The third-order valence-corrected chi connectivity index (χ3v) is 5.62. The maximum atomic E-state index is 13.0. The second kappa shape index (κ2) is 8.62. The van der Waals surface area contributed by atoms with Gasteiger partial charge < -0.3 is 20.1 Å². The van der Waals surface area contributed by atoms with Gasteiger partial charge in [-0.15, -0.1) is 0 Å². The molecule has 2 amide bonds. The monoisotopic (exact) mass is 431 g/mol. The summed E-state index contributed by atoms with van der Waals surface area (Å²) in [5, 5.41) is 3.86. The Kier molecular flexibility index (Phi) is 5.37. The van der Waals surface area contributed by atoms with Crippen LogP contribution in [-0.4, -0.2) is 57.0 Å². The van der Waals surface area contributed by atoms with Crippen molar-refractivity contribution in [3.8, 4) is 11.3 Å². The first-order chi connectivity index (χ1) is 15.7. The van der Waals surface area contributed by atoms with E-state index in [9.17, 15) is 9.18 Å². The van der Waals surface area contributed by atoms with E-state index in [1.807, 2.05) is 12.1 Å². The number of aromatic nitrogens is 4. The number of urea groups is 1. The molecule has 9 heteroatoms. The molecular formula is C23H22FN7O. The van der Waals surface area contributed by atoms with Crippen LogP contribution in [-0.2, 0) is 6.54 Å². The number of aromatic amines is 1. The van der Waals surface area contributed by atoms with E-state index in [1.165, 1.54) is 12.1 Å². The highest BCUT2D eigenvalue weighted by Crippen LogP contribution is 2.29. The molecule has 0 atom stereocenters. The summed E-state index contributed by atoms with van der Waals surface area (Å²) in [5.41, 5.74) is 3.63. The summed E-state index contributed by atoms with van der Waals surface area (Å²) in [6, 6.07) is 12.0. The van der Waals surface area contributed by atoms with Crippen LogP contribution in [0.2, 0.25) is 0 Å². The first kappa shape index (κ1) is 19.9. The van der Waals surface area contributed by atoms with Gasteiger partial charge in [0.25, 0.3) is 0 Å². The minimum absolute atomic E-state index is 0.122. The summed E-state index contributed by atoms with van der Waals surface area (Å²) in [4.78, 5) is 32.8. The molecule has 162 valence electrons. The van der Waals surface area contributed by atoms with E-state index in [0.717, 1.165) is 33.7 Å². The van der Waals surface area contributed by atoms with Gasteiger partial charge in [0.05, 0.1) is 5.39 Å². The highest BCUT2D eigenvalue weighted by molar-refractivity contribution is 5.92. The van der Waals surface area contributed by atoms with Gasteiger partial charge in [-0.2, -0.15) is 0 Å². The van der Waals surface area contributed by atoms with Crippen LogP contribution in [0.3, 0.4) is 0 Å². The molecule has 5 rings (SSSR count). The first-order valence-corrected chi connectivity index (χ1v) is 10.4. The number of halogens is 1. The number of carbonyl (C=O) groups is 1. The molecule has 1 aliphatic rings. The minimum atomic E-state index is -0.287. The van der Waals surface area contributed by atoms with Gasteiger partial charge in [-0.25, -0.2) is 19.2 Å². The molecule has 0 aliphatic carbocycles. The van der Waals surface area contributed by atoms with Gasteiger partial charge in [0, 0.05) is 56.4 Å². The zero-order chi connectivity index (χ0) is 21.9. The fourth-order valence-corrected chi connectivity index (χ4v) is 3.88. The van der Waals surface area contributed by atoms with Crippen LogP contribution in [0, 0.1) is 5.82 Å². The van der Waals surface area contributed by atoms with Gasteiger partial charge in [-0.1, -0.05) is 12.1 Å². The van der Waals surface area contributed by atoms with Crippen LogP contribution in [0.1, 0.15) is 5.56 Å². The minimum Gasteiger partial charge on any atom is -0.352 e. The molecule has 3 aromatic heterocycles. The fourth-order valence-electron chi connectivity index (χ4n) is 3.88. The van der Waals surface area contributed by atoms with Gasteiger partial charge in [-0.3, -0.25) is 4.98 Å². The number of rotatable bonds is 4.